The quantitative estimate of drug-likeness (QED) is 0.136. The number of carbonyl (C=O) groups excluding carboxylic acids is 1. The van der Waals surface area contributed by atoms with Crippen molar-refractivity contribution in [3.63, 3.8) is 0 Å². The predicted octanol–water partition coefficient (Wildman–Crippen LogP) is 8.37. The maximum atomic E-state index is 13.5. The minimum absolute atomic E-state index is 0.412. The van der Waals surface area contributed by atoms with Crippen molar-refractivity contribution in [1.29, 1.82) is 0 Å². The van der Waals surface area contributed by atoms with Crippen LogP contribution in [0.3, 0.4) is 0 Å². The average Bonchev–Trinajstić information content (AvgIpc) is 3.37. The van der Waals surface area contributed by atoms with Gasteiger partial charge < -0.3 is 24.0 Å². The summed E-state index contributed by atoms with van der Waals surface area (Å²) in [6, 6.07) is 16.0. The average molecular weight is 602 g/mol. The van der Waals surface area contributed by atoms with Crippen molar-refractivity contribution in [2.45, 2.75) is 84.7 Å². The van der Waals surface area contributed by atoms with Crippen LogP contribution in [0.2, 0.25) is 0 Å². The molecule has 1 aliphatic rings. The summed E-state index contributed by atoms with van der Waals surface area (Å²) < 4.78 is 18.6. The number of hydrogen-bond donors (Lipinski definition) is 0. The van der Waals surface area contributed by atoms with E-state index in [1.54, 1.807) is 32.5 Å². The first-order valence-corrected chi connectivity index (χ1v) is 16.5. The second kappa shape index (κ2) is 15.8. The molecule has 1 aliphatic heterocycles. The van der Waals surface area contributed by atoms with Crippen LogP contribution in [0.25, 0.3) is 0 Å². The number of nitrogens with zero attached hydrogens (tertiary/aromatic N) is 3. The molecule has 0 bridgehead atoms. The SMILES string of the molecule is CCCCN(CCCC)c1ccc(C2(c3ccc(N(CCCC)CCCC)cc3OC)OC(=O)c3cccnc32)c(OC)c1. The first-order chi connectivity index (χ1) is 21.5. The van der Waals surface area contributed by atoms with Gasteiger partial charge in [0.15, 0.2) is 0 Å². The largest absolute Gasteiger partial charge is 0.496 e. The first-order valence-electron chi connectivity index (χ1n) is 16.5. The highest BCUT2D eigenvalue weighted by Gasteiger charge is 2.53. The van der Waals surface area contributed by atoms with Crippen molar-refractivity contribution in [3.05, 3.63) is 77.1 Å². The van der Waals surface area contributed by atoms with Gasteiger partial charge in [-0.1, -0.05) is 53.4 Å². The number of anilines is 2. The van der Waals surface area contributed by atoms with E-state index in [1.165, 1.54) is 0 Å². The molecule has 0 aliphatic carbocycles. The Morgan fingerprint density at radius 1 is 0.705 bits per heavy atom. The van der Waals surface area contributed by atoms with Crippen LogP contribution in [0, 0.1) is 0 Å². The molecule has 4 rings (SSSR count). The maximum Gasteiger partial charge on any atom is 0.341 e. The lowest BCUT2D eigenvalue weighted by molar-refractivity contribution is 0.0230. The molecule has 0 N–H and O–H groups in total. The van der Waals surface area contributed by atoms with Gasteiger partial charge in [-0.05, 0) is 62.1 Å². The Kier molecular flexibility index (Phi) is 11.9. The number of carbonyl (C=O) groups is 1. The second-order valence-electron chi connectivity index (χ2n) is 11.6. The molecular formula is C37H51N3O4. The van der Waals surface area contributed by atoms with Gasteiger partial charge in [0, 0.05) is 67.0 Å². The van der Waals surface area contributed by atoms with Crippen molar-refractivity contribution in [1.82, 2.24) is 4.98 Å². The van der Waals surface area contributed by atoms with Gasteiger partial charge in [0.05, 0.1) is 19.8 Å². The Hall–Kier alpha value is -3.74. The third-order valence-corrected chi connectivity index (χ3v) is 8.59. The molecule has 0 spiro atoms. The molecule has 0 fully saturated rings. The predicted molar refractivity (Wildman–Crippen MR) is 180 cm³/mol. The topological polar surface area (TPSA) is 64.1 Å². The van der Waals surface area contributed by atoms with Gasteiger partial charge in [-0.3, -0.25) is 4.98 Å². The molecule has 0 atom stereocenters. The normalized spacial score (nSPS) is 13.4. The highest BCUT2D eigenvalue weighted by atomic mass is 16.6. The summed E-state index contributed by atoms with van der Waals surface area (Å²) >= 11 is 0. The Balaban J connectivity index is 1.90. The summed E-state index contributed by atoms with van der Waals surface area (Å²) in [7, 11) is 3.35. The summed E-state index contributed by atoms with van der Waals surface area (Å²) in [5.74, 6) is 0.876. The van der Waals surface area contributed by atoms with E-state index in [-0.39, 0.29) is 0 Å². The number of pyridine rings is 1. The zero-order valence-corrected chi connectivity index (χ0v) is 27.7. The van der Waals surface area contributed by atoms with Gasteiger partial charge in [0.25, 0.3) is 0 Å². The smallest absolute Gasteiger partial charge is 0.341 e. The molecule has 0 saturated heterocycles. The first kappa shape index (κ1) is 33.2. The second-order valence-corrected chi connectivity index (χ2v) is 11.6. The number of esters is 1. The molecule has 0 unspecified atom stereocenters. The van der Waals surface area contributed by atoms with Gasteiger partial charge in [-0.2, -0.15) is 0 Å². The monoisotopic (exact) mass is 601 g/mol. The molecule has 7 heteroatoms. The van der Waals surface area contributed by atoms with E-state index < -0.39 is 11.6 Å². The summed E-state index contributed by atoms with van der Waals surface area (Å²) in [6.07, 6.45) is 10.7. The van der Waals surface area contributed by atoms with Crippen molar-refractivity contribution < 1.29 is 19.0 Å². The van der Waals surface area contributed by atoms with Gasteiger partial charge >= 0.3 is 5.97 Å². The lowest BCUT2D eigenvalue weighted by Gasteiger charge is -2.33. The fraction of sp³-hybridized carbons (Fsp3) is 0.514. The molecule has 2 aromatic carbocycles. The highest BCUT2D eigenvalue weighted by Crippen LogP contribution is 2.52. The molecule has 238 valence electrons. The van der Waals surface area contributed by atoms with Crippen LogP contribution < -0.4 is 19.3 Å². The summed E-state index contributed by atoms with van der Waals surface area (Å²) in [4.78, 5) is 23.1. The van der Waals surface area contributed by atoms with Crippen LogP contribution in [-0.2, 0) is 10.3 Å². The molecule has 3 aromatic rings. The van der Waals surface area contributed by atoms with E-state index in [9.17, 15) is 4.79 Å². The summed E-state index contributed by atoms with van der Waals surface area (Å²) in [5.41, 5.74) is 3.29. The number of ether oxygens (including phenoxy) is 3. The molecule has 0 amide bonds. The van der Waals surface area contributed by atoms with Crippen molar-refractivity contribution in [2.24, 2.45) is 0 Å². The number of hydrogen-bond acceptors (Lipinski definition) is 7. The zero-order valence-electron chi connectivity index (χ0n) is 27.7. The number of aromatic nitrogens is 1. The van der Waals surface area contributed by atoms with E-state index >= 15 is 0 Å². The Morgan fingerprint density at radius 2 is 1.16 bits per heavy atom. The maximum absolute atomic E-state index is 13.5. The van der Waals surface area contributed by atoms with Gasteiger partial charge in [0.2, 0.25) is 5.60 Å². The van der Waals surface area contributed by atoms with E-state index in [4.69, 9.17) is 19.2 Å². The fourth-order valence-corrected chi connectivity index (χ4v) is 6.07. The number of cyclic esters (lactones) is 1. The minimum atomic E-state index is -1.34. The summed E-state index contributed by atoms with van der Waals surface area (Å²) in [6.45, 7) is 12.8. The zero-order chi connectivity index (χ0) is 31.5. The molecular weight excluding hydrogens is 550 g/mol. The van der Waals surface area contributed by atoms with Crippen LogP contribution in [-0.4, -0.2) is 51.4 Å². The lowest BCUT2D eigenvalue weighted by atomic mass is 9.81. The fourth-order valence-electron chi connectivity index (χ4n) is 6.07. The highest BCUT2D eigenvalue weighted by molar-refractivity contribution is 5.96. The third-order valence-electron chi connectivity index (χ3n) is 8.59. The molecule has 7 nitrogen and oxygen atoms in total. The van der Waals surface area contributed by atoms with Crippen LogP contribution in [0.5, 0.6) is 11.5 Å². The van der Waals surface area contributed by atoms with E-state index in [2.05, 4.69) is 61.8 Å². The molecule has 1 aromatic heterocycles. The molecule has 0 radical (unpaired) electrons. The Morgan fingerprint density at radius 3 is 1.57 bits per heavy atom. The minimum Gasteiger partial charge on any atom is -0.496 e. The number of fused-ring (bicyclic) bond motifs is 1. The van der Waals surface area contributed by atoms with E-state index in [0.717, 1.165) is 100 Å². The van der Waals surface area contributed by atoms with Crippen molar-refractivity contribution in [2.75, 3.05) is 50.2 Å². The van der Waals surface area contributed by atoms with Gasteiger partial charge in [-0.25, -0.2) is 4.79 Å². The van der Waals surface area contributed by atoms with Gasteiger partial charge in [-0.15, -0.1) is 0 Å². The number of unbranched alkanes of at least 4 members (excludes halogenated alkanes) is 4. The van der Waals surface area contributed by atoms with Crippen LogP contribution in [0.1, 0.15) is 106 Å². The van der Waals surface area contributed by atoms with Crippen LogP contribution in [0.15, 0.2) is 54.7 Å². The number of rotatable bonds is 18. The standard InChI is InChI=1S/C37H51N3O4/c1-7-11-22-39(23-12-8-2)28-17-19-31(33(26-28)42-5)37(35-30(36(41)44-37)16-15-21-38-35)32-20-18-29(27-34(32)43-6)40(24-13-9-3)25-14-10-4/h15-21,26-27H,7-14,22-25H2,1-6H3. The Labute approximate surface area is 264 Å². The van der Waals surface area contributed by atoms with Crippen LogP contribution >= 0.6 is 0 Å². The van der Waals surface area contributed by atoms with E-state index in [0.29, 0.717) is 22.8 Å². The molecule has 0 saturated carbocycles. The third kappa shape index (κ3) is 6.82. The van der Waals surface area contributed by atoms with Crippen LogP contribution in [0.4, 0.5) is 11.4 Å². The lowest BCUT2D eigenvalue weighted by Crippen LogP contribution is -2.32. The molecule has 44 heavy (non-hydrogen) atoms. The van der Waals surface area contributed by atoms with E-state index in [1.807, 2.05) is 12.1 Å². The number of benzene rings is 2. The number of methoxy groups -OCH3 is 2. The Bertz CT molecular complexity index is 1290. The summed E-state index contributed by atoms with van der Waals surface area (Å²) in [5, 5.41) is 0. The molecule has 2 heterocycles. The van der Waals surface area contributed by atoms with Crippen molar-refractivity contribution in [3.8, 4) is 11.5 Å². The van der Waals surface area contributed by atoms with Gasteiger partial charge in [0.1, 0.15) is 17.2 Å². The van der Waals surface area contributed by atoms with Crippen molar-refractivity contribution >= 4 is 17.3 Å².